The summed E-state index contributed by atoms with van der Waals surface area (Å²) in [6, 6.07) is 22.4. The Morgan fingerprint density at radius 1 is 0.889 bits per heavy atom. The first-order chi connectivity index (χ1) is 13.1. The van der Waals surface area contributed by atoms with E-state index in [1.807, 2.05) is 54.6 Å². The maximum Gasteiger partial charge on any atom is 0.243 e. The number of rotatable bonds is 7. The number of para-hydroxylation sites is 2. The van der Waals surface area contributed by atoms with Crippen molar-refractivity contribution in [3.8, 4) is 5.75 Å². The zero-order valence-corrected chi connectivity index (χ0v) is 15.9. The number of halogens is 2. The maximum absolute atomic E-state index is 12.2. The number of carbonyl (C=O) groups excluding carboxylic acids is 1. The minimum absolute atomic E-state index is 0.0892. The van der Waals surface area contributed by atoms with Crippen molar-refractivity contribution in [1.82, 2.24) is 0 Å². The van der Waals surface area contributed by atoms with Gasteiger partial charge < -0.3 is 15.4 Å². The van der Waals surface area contributed by atoms with E-state index in [0.717, 1.165) is 11.3 Å². The lowest BCUT2D eigenvalue weighted by Crippen LogP contribution is -2.22. The summed E-state index contributed by atoms with van der Waals surface area (Å²) in [6.45, 7) is 0.543. The largest absolute Gasteiger partial charge is 0.487 e. The summed E-state index contributed by atoms with van der Waals surface area (Å²) in [5.74, 6) is 0.481. The molecule has 0 aliphatic rings. The number of benzene rings is 3. The number of ether oxygens (including phenoxy) is 1. The number of amides is 1. The Morgan fingerprint density at radius 3 is 2.41 bits per heavy atom. The molecule has 138 valence electrons. The van der Waals surface area contributed by atoms with E-state index in [0.29, 0.717) is 28.1 Å². The van der Waals surface area contributed by atoms with Gasteiger partial charge in [0.05, 0.1) is 22.3 Å². The molecule has 0 unspecified atom stereocenters. The van der Waals surface area contributed by atoms with Crippen molar-refractivity contribution in [2.75, 3.05) is 17.2 Å². The standard InChI is InChI=1S/C21H18Cl2N2O2/c22-17-11-10-16(12-18(17)23)25-21(26)13-24-19-8-4-5-9-20(19)27-14-15-6-2-1-3-7-15/h1-12,24H,13-14H2,(H,25,26). The predicted octanol–water partition coefficient (Wildman–Crippen LogP) is 5.62. The summed E-state index contributed by atoms with van der Waals surface area (Å²) in [7, 11) is 0. The summed E-state index contributed by atoms with van der Waals surface area (Å²) >= 11 is 11.8. The number of carbonyl (C=O) groups is 1. The van der Waals surface area contributed by atoms with Gasteiger partial charge in [-0.2, -0.15) is 0 Å². The fourth-order valence-electron chi connectivity index (χ4n) is 2.43. The Kier molecular flexibility index (Phi) is 6.58. The van der Waals surface area contributed by atoms with E-state index >= 15 is 0 Å². The van der Waals surface area contributed by atoms with Crippen LogP contribution in [0.4, 0.5) is 11.4 Å². The van der Waals surface area contributed by atoms with Crippen LogP contribution in [0.5, 0.6) is 5.75 Å². The lowest BCUT2D eigenvalue weighted by Gasteiger charge is -2.13. The molecule has 0 saturated heterocycles. The highest BCUT2D eigenvalue weighted by atomic mass is 35.5. The molecular formula is C21H18Cl2N2O2. The van der Waals surface area contributed by atoms with E-state index in [-0.39, 0.29) is 12.5 Å². The van der Waals surface area contributed by atoms with Crippen LogP contribution in [0.2, 0.25) is 10.0 Å². The van der Waals surface area contributed by atoms with Crippen LogP contribution in [-0.2, 0) is 11.4 Å². The Bertz CT molecular complexity index is 917. The average Bonchev–Trinajstić information content (AvgIpc) is 2.69. The smallest absolute Gasteiger partial charge is 0.243 e. The van der Waals surface area contributed by atoms with Gasteiger partial charge in [-0.05, 0) is 35.9 Å². The van der Waals surface area contributed by atoms with Crippen LogP contribution in [0.1, 0.15) is 5.56 Å². The molecule has 3 rings (SSSR count). The van der Waals surface area contributed by atoms with Crippen LogP contribution in [0.3, 0.4) is 0 Å². The molecule has 2 N–H and O–H groups in total. The minimum Gasteiger partial charge on any atom is -0.487 e. The van der Waals surface area contributed by atoms with Gasteiger partial charge in [-0.15, -0.1) is 0 Å². The molecule has 0 radical (unpaired) electrons. The third-order valence-corrected chi connectivity index (χ3v) is 4.51. The summed E-state index contributed by atoms with van der Waals surface area (Å²) in [5, 5.41) is 6.70. The lowest BCUT2D eigenvalue weighted by molar-refractivity contribution is -0.114. The van der Waals surface area contributed by atoms with E-state index in [2.05, 4.69) is 10.6 Å². The van der Waals surface area contributed by atoms with Crippen molar-refractivity contribution in [2.45, 2.75) is 6.61 Å². The zero-order chi connectivity index (χ0) is 19.1. The second-order valence-corrected chi connectivity index (χ2v) is 6.62. The third kappa shape index (κ3) is 5.64. The van der Waals surface area contributed by atoms with Gasteiger partial charge in [0.2, 0.25) is 5.91 Å². The second kappa shape index (κ2) is 9.31. The number of nitrogens with one attached hydrogen (secondary N) is 2. The highest BCUT2D eigenvalue weighted by molar-refractivity contribution is 6.42. The van der Waals surface area contributed by atoms with Crippen LogP contribution in [0.25, 0.3) is 0 Å². The van der Waals surface area contributed by atoms with Crippen LogP contribution in [-0.4, -0.2) is 12.5 Å². The van der Waals surface area contributed by atoms with Gasteiger partial charge in [-0.3, -0.25) is 4.79 Å². The van der Waals surface area contributed by atoms with Crippen LogP contribution >= 0.6 is 23.2 Å². The van der Waals surface area contributed by atoms with Crippen molar-refractivity contribution in [3.63, 3.8) is 0 Å². The monoisotopic (exact) mass is 400 g/mol. The molecule has 3 aromatic rings. The topological polar surface area (TPSA) is 50.4 Å². The van der Waals surface area contributed by atoms with E-state index in [4.69, 9.17) is 27.9 Å². The van der Waals surface area contributed by atoms with Crippen molar-refractivity contribution in [3.05, 3.63) is 88.4 Å². The number of anilines is 2. The average molecular weight is 401 g/mol. The van der Waals surface area contributed by atoms with Crippen LogP contribution < -0.4 is 15.4 Å². The molecule has 0 aliphatic heterocycles. The van der Waals surface area contributed by atoms with Crippen LogP contribution in [0.15, 0.2) is 72.8 Å². The molecule has 0 atom stereocenters. The van der Waals surface area contributed by atoms with Gasteiger partial charge in [0.1, 0.15) is 12.4 Å². The van der Waals surface area contributed by atoms with Gasteiger partial charge in [0.25, 0.3) is 0 Å². The third-order valence-electron chi connectivity index (χ3n) is 3.77. The Balaban J connectivity index is 1.57. The highest BCUT2D eigenvalue weighted by Crippen LogP contribution is 2.26. The summed E-state index contributed by atoms with van der Waals surface area (Å²) < 4.78 is 5.88. The predicted molar refractivity (Wildman–Crippen MR) is 111 cm³/mol. The first-order valence-electron chi connectivity index (χ1n) is 8.36. The summed E-state index contributed by atoms with van der Waals surface area (Å²) in [5.41, 5.74) is 2.41. The molecule has 0 fully saturated rings. The Morgan fingerprint density at radius 2 is 1.63 bits per heavy atom. The molecule has 27 heavy (non-hydrogen) atoms. The minimum atomic E-state index is -0.203. The zero-order valence-electron chi connectivity index (χ0n) is 14.4. The fraction of sp³-hybridized carbons (Fsp3) is 0.0952. The van der Waals surface area contributed by atoms with E-state index in [1.54, 1.807) is 18.2 Å². The maximum atomic E-state index is 12.2. The molecule has 0 spiro atoms. The van der Waals surface area contributed by atoms with E-state index < -0.39 is 0 Å². The highest BCUT2D eigenvalue weighted by Gasteiger charge is 2.07. The fourth-order valence-corrected chi connectivity index (χ4v) is 2.73. The summed E-state index contributed by atoms with van der Waals surface area (Å²) in [4.78, 5) is 12.2. The van der Waals surface area contributed by atoms with Gasteiger partial charge in [-0.1, -0.05) is 65.7 Å². The molecule has 3 aromatic carbocycles. The molecule has 0 aliphatic carbocycles. The number of hydrogen-bond acceptors (Lipinski definition) is 3. The van der Waals surface area contributed by atoms with Crippen molar-refractivity contribution >= 4 is 40.5 Å². The molecule has 0 bridgehead atoms. The molecule has 4 nitrogen and oxygen atoms in total. The Hall–Kier alpha value is -2.69. The van der Waals surface area contributed by atoms with Gasteiger partial charge in [0, 0.05) is 5.69 Å². The molecule has 0 aromatic heterocycles. The van der Waals surface area contributed by atoms with Crippen molar-refractivity contribution in [2.24, 2.45) is 0 Å². The van der Waals surface area contributed by atoms with E-state index in [9.17, 15) is 4.79 Å². The normalized spacial score (nSPS) is 10.3. The molecule has 0 saturated carbocycles. The van der Waals surface area contributed by atoms with Gasteiger partial charge in [-0.25, -0.2) is 0 Å². The lowest BCUT2D eigenvalue weighted by atomic mass is 10.2. The first-order valence-corrected chi connectivity index (χ1v) is 9.12. The second-order valence-electron chi connectivity index (χ2n) is 5.80. The first kappa shape index (κ1) is 19.1. The van der Waals surface area contributed by atoms with Gasteiger partial charge in [0.15, 0.2) is 0 Å². The van der Waals surface area contributed by atoms with Crippen molar-refractivity contribution < 1.29 is 9.53 Å². The molecule has 1 amide bonds. The van der Waals surface area contributed by atoms with Crippen LogP contribution in [0, 0.1) is 0 Å². The summed E-state index contributed by atoms with van der Waals surface area (Å²) in [6.07, 6.45) is 0. The molecule has 0 heterocycles. The van der Waals surface area contributed by atoms with Crippen molar-refractivity contribution in [1.29, 1.82) is 0 Å². The van der Waals surface area contributed by atoms with E-state index in [1.165, 1.54) is 0 Å². The molecular weight excluding hydrogens is 383 g/mol. The van der Waals surface area contributed by atoms with Gasteiger partial charge >= 0.3 is 0 Å². The SMILES string of the molecule is O=C(CNc1ccccc1OCc1ccccc1)Nc1ccc(Cl)c(Cl)c1. The molecule has 6 heteroatoms. The Labute approximate surface area is 168 Å². The quantitative estimate of drug-likeness (QED) is 0.540. The number of hydrogen-bond donors (Lipinski definition) is 2.